The summed E-state index contributed by atoms with van der Waals surface area (Å²) in [5.41, 5.74) is 0.310. The van der Waals surface area contributed by atoms with E-state index in [4.69, 9.17) is 4.74 Å². The van der Waals surface area contributed by atoms with Crippen LogP contribution in [0.15, 0.2) is 16.5 Å². The summed E-state index contributed by atoms with van der Waals surface area (Å²) in [7, 11) is 0. The predicted molar refractivity (Wildman–Crippen MR) is 78.8 cm³/mol. The predicted octanol–water partition coefficient (Wildman–Crippen LogP) is 0.581. The molecule has 1 aliphatic heterocycles. The van der Waals surface area contributed by atoms with E-state index in [2.05, 4.69) is 32.6 Å². The maximum Gasteiger partial charge on any atom is 0.259 e. The van der Waals surface area contributed by atoms with Crippen molar-refractivity contribution >= 4 is 44.8 Å². The van der Waals surface area contributed by atoms with Crippen LogP contribution in [0.5, 0.6) is 0 Å². The van der Waals surface area contributed by atoms with Gasteiger partial charge in [0.15, 0.2) is 0 Å². The second-order valence-corrected chi connectivity index (χ2v) is 6.12. The molecule has 0 aromatic carbocycles. The van der Waals surface area contributed by atoms with Crippen molar-refractivity contribution in [3.05, 3.63) is 26.9 Å². The van der Waals surface area contributed by atoms with E-state index in [9.17, 15) is 15.0 Å². The fraction of sp³-hybridized carbons (Fsp3) is 0.455. The zero-order chi connectivity index (χ0) is 13.6. The van der Waals surface area contributed by atoms with Crippen LogP contribution in [0, 0.1) is 0 Å². The van der Waals surface area contributed by atoms with Gasteiger partial charge >= 0.3 is 0 Å². The number of aliphatic hydroxyl groups excluding tert-OH is 2. The molecule has 0 spiro atoms. The van der Waals surface area contributed by atoms with E-state index in [0.717, 1.165) is 0 Å². The number of fused-ring (bicyclic) bond motifs is 1. The third-order valence-electron chi connectivity index (χ3n) is 3.20. The summed E-state index contributed by atoms with van der Waals surface area (Å²) in [6.45, 7) is 0. The third-order valence-corrected chi connectivity index (χ3v) is 5.10. The van der Waals surface area contributed by atoms with Crippen molar-refractivity contribution in [3.8, 4) is 0 Å². The number of hydrogen-bond donors (Lipinski definition) is 3. The van der Waals surface area contributed by atoms with Gasteiger partial charge in [-0.05, 0) is 0 Å². The molecule has 3 heterocycles. The molecule has 0 aliphatic carbocycles. The van der Waals surface area contributed by atoms with Gasteiger partial charge in [0.2, 0.25) is 0 Å². The summed E-state index contributed by atoms with van der Waals surface area (Å²) in [6.07, 6.45) is -1.62. The molecule has 0 radical (unpaired) electrons. The molecule has 6 nitrogen and oxygen atoms in total. The summed E-state index contributed by atoms with van der Waals surface area (Å²) in [5, 5.41) is 22.1. The SMILES string of the molecule is O=c1[nH]cnc2c([C@H]3O[C@H](CI)[C@@H](O)[C@H]3O)scc12. The van der Waals surface area contributed by atoms with E-state index in [1.165, 1.54) is 17.7 Å². The van der Waals surface area contributed by atoms with Gasteiger partial charge in [0.25, 0.3) is 5.56 Å². The topological polar surface area (TPSA) is 95.4 Å². The summed E-state index contributed by atoms with van der Waals surface area (Å²) in [6, 6.07) is 0. The number of nitrogens with one attached hydrogen (secondary N) is 1. The molecule has 0 saturated carbocycles. The first kappa shape index (κ1) is 13.4. The van der Waals surface area contributed by atoms with Crippen LogP contribution in [-0.2, 0) is 4.74 Å². The Bertz CT molecular complexity index is 657. The molecule has 3 N–H and O–H groups in total. The second kappa shape index (κ2) is 5.09. The Kier molecular flexibility index (Phi) is 3.60. The van der Waals surface area contributed by atoms with E-state index in [1.54, 1.807) is 5.38 Å². The van der Waals surface area contributed by atoms with Crippen molar-refractivity contribution in [1.82, 2.24) is 9.97 Å². The quantitative estimate of drug-likeness (QED) is 0.512. The first-order valence-corrected chi connectivity index (χ1v) is 8.06. The van der Waals surface area contributed by atoms with E-state index < -0.39 is 24.4 Å². The normalized spacial score (nSPS) is 31.1. The maximum atomic E-state index is 11.6. The van der Waals surface area contributed by atoms with Crippen LogP contribution in [0.2, 0.25) is 0 Å². The van der Waals surface area contributed by atoms with E-state index >= 15 is 0 Å². The zero-order valence-corrected chi connectivity index (χ0v) is 12.6. The zero-order valence-electron chi connectivity index (χ0n) is 9.62. The lowest BCUT2D eigenvalue weighted by Gasteiger charge is -2.12. The number of aromatic nitrogens is 2. The molecule has 8 heteroatoms. The Balaban J connectivity index is 2.06. The monoisotopic (exact) mass is 394 g/mol. The minimum atomic E-state index is -0.997. The average Bonchev–Trinajstić information content (AvgIpc) is 2.94. The average molecular weight is 394 g/mol. The molecule has 2 aromatic heterocycles. The summed E-state index contributed by atoms with van der Waals surface area (Å²) < 4.78 is 6.27. The van der Waals surface area contributed by atoms with Crippen molar-refractivity contribution < 1.29 is 14.9 Å². The number of aromatic amines is 1. The molecule has 0 bridgehead atoms. The number of thiophene rings is 1. The lowest BCUT2D eigenvalue weighted by molar-refractivity contribution is 0.0202. The minimum absolute atomic E-state index is 0.217. The van der Waals surface area contributed by atoms with E-state index in [1.807, 2.05) is 0 Å². The van der Waals surface area contributed by atoms with Gasteiger partial charge in [-0.25, -0.2) is 4.98 Å². The second-order valence-electron chi connectivity index (χ2n) is 4.32. The van der Waals surface area contributed by atoms with Crippen LogP contribution in [0.1, 0.15) is 11.0 Å². The van der Waals surface area contributed by atoms with Gasteiger partial charge in [-0.15, -0.1) is 11.3 Å². The molecular formula is C11H11IN2O4S. The first-order chi connectivity index (χ1) is 9.13. The fourth-order valence-electron chi connectivity index (χ4n) is 2.19. The summed E-state index contributed by atoms with van der Waals surface area (Å²) >= 11 is 3.41. The molecule has 19 heavy (non-hydrogen) atoms. The van der Waals surface area contributed by atoms with Gasteiger partial charge in [0.1, 0.15) is 18.3 Å². The van der Waals surface area contributed by atoms with Crippen molar-refractivity contribution in [1.29, 1.82) is 0 Å². The van der Waals surface area contributed by atoms with Crippen LogP contribution in [0.4, 0.5) is 0 Å². The van der Waals surface area contributed by atoms with Gasteiger partial charge in [-0.1, -0.05) is 22.6 Å². The molecule has 1 saturated heterocycles. The van der Waals surface area contributed by atoms with Crippen LogP contribution in [0.25, 0.3) is 10.9 Å². The van der Waals surface area contributed by atoms with E-state index in [-0.39, 0.29) is 5.56 Å². The van der Waals surface area contributed by atoms with E-state index in [0.29, 0.717) is 20.2 Å². The van der Waals surface area contributed by atoms with Gasteiger partial charge in [0.05, 0.1) is 28.2 Å². The third kappa shape index (κ3) is 2.11. The standard InChI is InChI=1S/C11H11IN2O4S/c12-1-5-7(15)8(16)9(18-5)10-6-4(2-19-10)11(17)14-3-13-6/h2-3,5,7-9,15-16H,1H2,(H,13,14,17)/t5-,7-,8-,9+/m1/s1. The molecule has 1 aliphatic rings. The molecule has 0 unspecified atom stereocenters. The Morgan fingerprint density at radius 1 is 1.47 bits per heavy atom. The Morgan fingerprint density at radius 3 is 2.95 bits per heavy atom. The molecule has 3 rings (SSSR count). The fourth-order valence-corrected chi connectivity index (χ4v) is 3.98. The lowest BCUT2D eigenvalue weighted by atomic mass is 10.1. The first-order valence-electron chi connectivity index (χ1n) is 5.66. The van der Waals surface area contributed by atoms with Crippen molar-refractivity contribution in [3.63, 3.8) is 0 Å². The highest BCUT2D eigenvalue weighted by Gasteiger charge is 2.44. The number of hydrogen-bond acceptors (Lipinski definition) is 6. The minimum Gasteiger partial charge on any atom is -0.388 e. The molecular weight excluding hydrogens is 383 g/mol. The number of halogens is 1. The summed E-state index contributed by atoms with van der Waals surface area (Å²) in [5.74, 6) is 0. The number of nitrogens with zero attached hydrogens (tertiary/aromatic N) is 1. The van der Waals surface area contributed by atoms with Crippen LogP contribution in [0.3, 0.4) is 0 Å². The highest BCUT2D eigenvalue weighted by molar-refractivity contribution is 14.1. The molecule has 1 fully saturated rings. The van der Waals surface area contributed by atoms with Gasteiger partial charge < -0.3 is 19.9 Å². The number of ether oxygens (including phenoxy) is 1. The highest BCUT2D eigenvalue weighted by Crippen LogP contribution is 2.39. The van der Waals surface area contributed by atoms with Crippen molar-refractivity contribution in [2.75, 3.05) is 4.43 Å². The molecule has 4 atom stereocenters. The Labute approximate surface area is 125 Å². The smallest absolute Gasteiger partial charge is 0.259 e. The number of H-pyrrole nitrogens is 1. The summed E-state index contributed by atoms with van der Waals surface area (Å²) in [4.78, 5) is 19.0. The van der Waals surface area contributed by atoms with Gasteiger partial charge in [-0.2, -0.15) is 0 Å². The number of rotatable bonds is 2. The number of aliphatic hydroxyl groups is 2. The highest BCUT2D eigenvalue weighted by atomic mass is 127. The van der Waals surface area contributed by atoms with Crippen LogP contribution < -0.4 is 5.56 Å². The Hall–Kier alpha value is -0.550. The lowest BCUT2D eigenvalue weighted by Crippen LogP contribution is -2.31. The van der Waals surface area contributed by atoms with Crippen LogP contribution in [-0.4, -0.2) is 42.9 Å². The number of alkyl halides is 1. The molecule has 0 amide bonds. The van der Waals surface area contributed by atoms with Crippen LogP contribution >= 0.6 is 33.9 Å². The van der Waals surface area contributed by atoms with Gasteiger partial charge in [0, 0.05) is 9.81 Å². The largest absolute Gasteiger partial charge is 0.388 e. The molecule has 102 valence electrons. The molecule has 2 aromatic rings. The Morgan fingerprint density at radius 2 is 2.26 bits per heavy atom. The van der Waals surface area contributed by atoms with Gasteiger partial charge in [-0.3, -0.25) is 4.79 Å². The van der Waals surface area contributed by atoms with Crippen molar-refractivity contribution in [2.45, 2.75) is 24.4 Å². The van der Waals surface area contributed by atoms with Crippen molar-refractivity contribution in [2.24, 2.45) is 0 Å². The maximum absolute atomic E-state index is 11.6.